The van der Waals surface area contributed by atoms with Gasteiger partial charge in [0.25, 0.3) is 0 Å². The lowest BCUT2D eigenvalue weighted by Crippen LogP contribution is -2.51. The van der Waals surface area contributed by atoms with E-state index in [1.54, 1.807) is 13.2 Å². The van der Waals surface area contributed by atoms with E-state index in [1.165, 1.54) is 12.1 Å². The third-order valence-electron chi connectivity index (χ3n) is 4.80. The second kappa shape index (κ2) is 8.02. The van der Waals surface area contributed by atoms with E-state index in [4.69, 9.17) is 4.74 Å². The number of piperazine rings is 1. The van der Waals surface area contributed by atoms with Crippen molar-refractivity contribution in [2.75, 3.05) is 53.0 Å². The van der Waals surface area contributed by atoms with E-state index in [1.807, 2.05) is 11.0 Å². The summed E-state index contributed by atoms with van der Waals surface area (Å²) in [7, 11) is 1.70. The minimum atomic E-state index is -0.279. The summed E-state index contributed by atoms with van der Waals surface area (Å²) >= 11 is 0. The average Bonchev–Trinajstić information content (AvgIpc) is 3.09. The summed E-state index contributed by atoms with van der Waals surface area (Å²) in [5.74, 6) is -0.357. The molecule has 0 aliphatic carbocycles. The molecule has 2 unspecified atom stereocenters. The Hall–Kier alpha value is -1.54. The number of amides is 1. The number of hydrogen-bond donors (Lipinski definition) is 2. The van der Waals surface area contributed by atoms with Crippen LogP contribution >= 0.6 is 0 Å². The lowest BCUT2D eigenvalue weighted by atomic mass is 9.93. The standard InChI is InChI=1S/C17H25FN4O2/c1-24-10-9-21-5-7-22(8-6-21)17(23)15-12-19-20-16(15)13-3-2-4-14(18)11-13/h2-4,11,15-16,19-20H,5-10,12H2,1H3. The number of benzene rings is 1. The van der Waals surface area contributed by atoms with E-state index in [0.717, 1.165) is 38.3 Å². The van der Waals surface area contributed by atoms with Crippen LogP contribution in [0.3, 0.4) is 0 Å². The lowest BCUT2D eigenvalue weighted by Gasteiger charge is -2.36. The Morgan fingerprint density at radius 1 is 1.33 bits per heavy atom. The Kier molecular flexibility index (Phi) is 5.78. The first kappa shape index (κ1) is 17.3. The van der Waals surface area contributed by atoms with Gasteiger partial charge in [0.15, 0.2) is 0 Å². The van der Waals surface area contributed by atoms with Crippen LogP contribution < -0.4 is 10.9 Å². The minimum absolute atomic E-state index is 0.133. The SMILES string of the molecule is COCCN1CCN(C(=O)C2CNNC2c2cccc(F)c2)CC1. The van der Waals surface area contributed by atoms with Crippen molar-refractivity contribution in [3.63, 3.8) is 0 Å². The second-order valence-corrected chi connectivity index (χ2v) is 6.32. The molecule has 0 aromatic heterocycles. The summed E-state index contributed by atoms with van der Waals surface area (Å²) in [5, 5.41) is 0. The molecule has 6 nitrogen and oxygen atoms in total. The van der Waals surface area contributed by atoms with Crippen molar-refractivity contribution in [2.45, 2.75) is 6.04 Å². The van der Waals surface area contributed by atoms with Gasteiger partial charge in [-0.3, -0.25) is 15.1 Å². The van der Waals surface area contributed by atoms with Crippen molar-refractivity contribution in [3.8, 4) is 0 Å². The fraction of sp³-hybridized carbons (Fsp3) is 0.588. The molecule has 0 bridgehead atoms. The third-order valence-corrected chi connectivity index (χ3v) is 4.80. The number of nitrogens with one attached hydrogen (secondary N) is 2. The number of carbonyl (C=O) groups excluding carboxylic acids is 1. The van der Waals surface area contributed by atoms with Gasteiger partial charge in [-0.05, 0) is 17.7 Å². The van der Waals surface area contributed by atoms with Gasteiger partial charge in [0.2, 0.25) is 5.91 Å². The average molecular weight is 336 g/mol. The Balaban J connectivity index is 1.60. The summed E-state index contributed by atoms with van der Waals surface area (Å²) in [6, 6.07) is 6.26. The molecule has 2 N–H and O–H groups in total. The highest BCUT2D eigenvalue weighted by atomic mass is 19.1. The first-order valence-corrected chi connectivity index (χ1v) is 8.43. The van der Waals surface area contributed by atoms with Crippen molar-refractivity contribution in [1.29, 1.82) is 0 Å². The Morgan fingerprint density at radius 2 is 2.12 bits per heavy atom. The van der Waals surface area contributed by atoms with Gasteiger partial charge in [0, 0.05) is 46.4 Å². The zero-order valence-electron chi connectivity index (χ0n) is 14.0. The molecular weight excluding hydrogens is 311 g/mol. The summed E-state index contributed by atoms with van der Waals surface area (Å²) in [5.41, 5.74) is 6.97. The van der Waals surface area contributed by atoms with Crippen LogP contribution in [0.2, 0.25) is 0 Å². The number of hydrazine groups is 1. The van der Waals surface area contributed by atoms with Gasteiger partial charge in [0.1, 0.15) is 5.82 Å². The molecule has 2 heterocycles. The molecule has 2 fully saturated rings. The molecule has 0 spiro atoms. The van der Waals surface area contributed by atoms with E-state index in [0.29, 0.717) is 13.2 Å². The van der Waals surface area contributed by atoms with Crippen LogP contribution in [0.5, 0.6) is 0 Å². The molecule has 132 valence electrons. The van der Waals surface area contributed by atoms with E-state index in [-0.39, 0.29) is 23.7 Å². The number of hydrogen-bond acceptors (Lipinski definition) is 5. The maximum atomic E-state index is 13.5. The van der Waals surface area contributed by atoms with Crippen molar-refractivity contribution in [1.82, 2.24) is 20.7 Å². The quantitative estimate of drug-likeness (QED) is 0.814. The first-order valence-electron chi connectivity index (χ1n) is 8.43. The van der Waals surface area contributed by atoms with Crippen LogP contribution in [-0.4, -0.2) is 68.7 Å². The van der Waals surface area contributed by atoms with Crippen LogP contribution in [0.15, 0.2) is 24.3 Å². The molecule has 3 rings (SSSR count). The molecular formula is C17H25FN4O2. The fourth-order valence-electron chi connectivity index (χ4n) is 3.39. The molecule has 1 aromatic carbocycles. The molecule has 1 amide bonds. The van der Waals surface area contributed by atoms with E-state index >= 15 is 0 Å². The topological polar surface area (TPSA) is 56.8 Å². The van der Waals surface area contributed by atoms with Gasteiger partial charge in [-0.1, -0.05) is 12.1 Å². The molecule has 7 heteroatoms. The molecule has 24 heavy (non-hydrogen) atoms. The normalized spacial score (nSPS) is 25.2. The molecule has 1 aromatic rings. The van der Waals surface area contributed by atoms with E-state index in [2.05, 4.69) is 15.8 Å². The zero-order valence-corrected chi connectivity index (χ0v) is 14.0. The zero-order chi connectivity index (χ0) is 16.9. The summed E-state index contributed by atoms with van der Waals surface area (Å²) in [6.07, 6.45) is 0. The first-order chi connectivity index (χ1) is 11.7. The predicted molar refractivity (Wildman–Crippen MR) is 88.7 cm³/mol. The highest BCUT2D eigenvalue weighted by Gasteiger charge is 2.37. The number of halogens is 1. The van der Waals surface area contributed by atoms with Crippen LogP contribution in [0, 0.1) is 11.7 Å². The largest absolute Gasteiger partial charge is 0.383 e. The molecule has 2 aliphatic heterocycles. The number of carbonyl (C=O) groups is 1. The van der Waals surface area contributed by atoms with Crippen LogP contribution in [0.4, 0.5) is 4.39 Å². The van der Waals surface area contributed by atoms with E-state index < -0.39 is 0 Å². The fourth-order valence-corrected chi connectivity index (χ4v) is 3.39. The highest BCUT2D eigenvalue weighted by Crippen LogP contribution is 2.27. The van der Waals surface area contributed by atoms with Crippen LogP contribution in [0.1, 0.15) is 11.6 Å². The minimum Gasteiger partial charge on any atom is -0.383 e. The van der Waals surface area contributed by atoms with Gasteiger partial charge < -0.3 is 9.64 Å². The van der Waals surface area contributed by atoms with Gasteiger partial charge in [0.05, 0.1) is 18.6 Å². The van der Waals surface area contributed by atoms with Gasteiger partial charge >= 0.3 is 0 Å². The number of methoxy groups -OCH3 is 1. The van der Waals surface area contributed by atoms with Gasteiger partial charge in [-0.15, -0.1) is 0 Å². The van der Waals surface area contributed by atoms with Crippen LogP contribution in [0.25, 0.3) is 0 Å². The second-order valence-electron chi connectivity index (χ2n) is 6.32. The number of nitrogens with zero attached hydrogens (tertiary/aromatic N) is 2. The van der Waals surface area contributed by atoms with Gasteiger partial charge in [-0.2, -0.15) is 0 Å². The van der Waals surface area contributed by atoms with Gasteiger partial charge in [-0.25, -0.2) is 9.82 Å². The number of ether oxygens (including phenoxy) is 1. The maximum Gasteiger partial charge on any atom is 0.229 e. The maximum absolute atomic E-state index is 13.5. The highest BCUT2D eigenvalue weighted by molar-refractivity contribution is 5.80. The summed E-state index contributed by atoms with van der Waals surface area (Å²) in [6.45, 7) is 5.37. The van der Waals surface area contributed by atoms with Crippen molar-refractivity contribution in [2.24, 2.45) is 5.92 Å². The Morgan fingerprint density at radius 3 is 2.83 bits per heavy atom. The Bertz CT molecular complexity index is 563. The van der Waals surface area contributed by atoms with E-state index in [9.17, 15) is 9.18 Å². The summed E-state index contributed by atoms with van der Waals surface area (Å²) < 4.78 is 18.6. The van der Waals surface area contributed by atoms with Crippen molar-refractivity contribution in [3.05, 3.63) is 35.6 Å². The summed E-state index contributed by atoms with van der Waals surface area (Å²) in [4.78, 5) is 17.1. The van der Waals surface area contributed by atoms with Crippen molar-refractivity contribution < 1.29 is 13.9 Å². The smallest absolute Gasteiger partial charge is 0.229 e. The van der Waals surface area contributed by atoms with Crippen LogP contribution in [-0.2, 0) is 9.53 Å². The van der Waals surface area contributed by atoms with Crippen molar-refractivity contribution >= 4 is 5.91 Å². The molecule has 2 aliphatic rings. The molecule has 2 atom stereocenters. The predicted octanol–water partition coefficient (Wildman–Crippen LogP) is 0.381. The molecule has 2 saturated heterocycles. The molecule has 0 radical (unpaired) electrons. The monoisotopic (exact) mass is 336 g/mol. The molecule has 0 saturated carbocycles. The Labute approximate surface area is 141 Å². The lowest BCUT2D eigenvalue weighted by molar-refractivity contribution is -0.137. The third kappa shape index (κ3) is 3.92. The number of rotatable bonds is 5.